The van der Waals surface area contributed by atoms with Crippen LogP contribution in [0.5, 0.6) is 0 Å². The van der Waals surface area contributed by atoms with Gasteiger partial charge in [0.2, 0.25) is 5.91 Å². The Labute approximate surface area is 186 Å². The largest absolute Gasteiger partial charge is 0.355 e. The van der Waals surface area contributed by atoms with Crippen LogP contribution in [0.2, 0.25) is 0 Å². The lowest BCUT2D eigenvalue weighted by Gasteiger charge is -2.31. The Hall–Kier alpha value is -3.00. The van der Waals surface area contributed by atoms with Crippen molar-refractivity contribution in [2.24, 2.45) is 5.92 Å². The fourth-order valence-electron chi connectivity index (χ4n) is 4.24. The minimum Gasteiger partial charge on any atom is -0.355 e. The number of benzene rings is 2. The summed E-state index contributed by atoms with van der Waals surface area (Å²) < 4.78 is 2.53. The van der Waals surface area contributed by atoms with Crippen molar-refractivity contribution in [3.63, 3.8) is 0 Å². The lowest BCUT2D eigenvalue weighted by molar-refractivity contribution is -0.126. The van der Waals surface area contributed by atoms with Crippen LogP contribution in [0.1, 0.15) is 35.9 Å². The number of piperidine rings is 1. The van der Waals surface area contributed by atoms with Crippen LogP contribution in [-0.4, -0.2) is 51.1 Å². The van der Waals surface area contributed by atoms with Crippen LogP contribution >= 0.6 is 12.2 Å². The summed E-state index contributed by atoms with van der Waals surface area (Å²) >= 11 is 5.20. The van der Waals surface area contributed by atoms with Gasteiger partial charge in [-0.2, -0.15) is 5.10 Å². The lowest BCUT2D eigenvalue weighted by atomic mass is 9.94. The van der Waals surface area contributed by atoms with Gasteiger partial charge in [-0.15, -0.1) is 0 Å². The van der Waals surface area contributed by atoms with Crippen molar-refractivity contribution in [2.45, 2.75) is 32.7 Å². The molecule has 2 heterocycles. The summed E-state index contributed by atoms with van der Waals surface area (Å²) in [5.41, 5.74) is 0.727. The zero-order valence-electron chi connectivity index (χ0n) is 17.6. The van der Waals surface area contributed by atoms with E-state index < -0.39 is 0 Å². The average Bonchev–Trinajstić information content (AvgIpc) is 3.17. The second-order valence-electron chi connectivity index (χ2n) is 7.82. The third-order valence-corrected chi connectivity index (χ3v) is 6.29. The van der Waals surface area contributed by atoms with Crippen LogP contribution in [-0.2, 0) is 17.8 Å². The van der Waals surface area contributed by atoms with E-state index in [0.29, 0.717) is 43.7 Å². The standard InChI is InChI=1S/C23H27N5O2S/c1-2-28-20(25-26-23(28)31)10-13-24-21(29)17-11-14-27(15-12-17)22(30)19-9-5-7-16-6-3-4-8-18(16)19/h3-9,17H,2,10-15H2,1H3,(H,24,29)(H,26,31). The first kappa shape index (κ1) is 21.2. The minimum atomic E-state index is -0.0661. The molecular weight excluding hydrogens is 410 g/mol. The van der Waals surface area contributed by atoms with Crippen LogP contribution in [0, 0.1) is 10.7 Å². The number of rotatable bonds is 6. The van der Waals surface area contributed by atoms with Gasteiger partial charge in [-0.05, 0) is 48.8 Å². The molecule has 3 aromatic rings. The van der Waals surface area contributed by atoms with E-state index in [-0.39, 0.29) is 17.7 Å². The number of hydrogen-bond donors (Lipinski definition) is 2. The third kappa shape index (κ3) is 4.54. The van der Waals surface area contributed by atoms with Gasteiger partial charge in [-0.3, -0.25) is 14.7 Å². The zero-order valence-corrected chi connectivity index (χ0v) is 18.5. The Morgan fingerprint density at radius 2 is 1.90 bits per heavy atom. The van der Waals surface area contributed by atoms with Crippen molar-refractivity contribution in [3.8, 4) is 0 Å². The molecule has 1 fully saturated rings. The zero-order chi connectivity index (χ0) is 21.8. The number of nitrogens with one attached hydrogen (secondary N) is 2. The Morgan fingerprint density at radius 3 is 2.68 bits per heavy atom. The summed E-state index contributed by atoms with van der Waals surface area (Å²) in [6.45, 7) is 4.47. The molecule has 0 saturated carbocycles. The lowest BCUT2D eigenvalue weighted by Crippen LogP contribution is -2.43. The highest BCUT2D eigenvalue weighted by Gasteiger charge is 2.28. The van der Waals surface area contributed by atoms with Gasteiger partial charge in [0, 0.05) is 44.1 Å². The maximum atomic E-state index is 13.1. The quantitative estimate of drug-likeness (QED) is 0.580. The molecule has 0 radical (unpaired) electrons. The number of aromatic amines is 1. The van der Waals surface area contributed by atoms with E-state index in [4.69, 9.17) is 12.2 Å². The molecule has 2 N–H and O–H groups in total. The van der Waals surface area contributed by atoms with E-state index in [1.54, 1.807) is 0 Å². The van der Waals surface area contributed by atoms with E-state index in [1.807, 2.05) is 58.9 Å². The monoisotopic (exact) mass is 437 g/mol. The molecule has 0 atom stereocenters. The summed E-state index contributed by atoms with van der Waals surface area (Å²) in [7, 11) is 0. The first-order valence-electron chi connectivity index (χ1n) is 10.8. The summed E-state index contributed by atoms with van der Waals surface area (Å²) in [5, 5.41) is 12.1. The van der Waals surface area contributed by atoms with Crippen LogP contribution in [0.25, 0.3) is 10.8 Å². The number of aromatic nitrogens is 3. The number of fused-ring (bicyclic) bond motifs is 1. The molecule has 1 aliphatic rings. The predicted molar refractivity (Wildman–Crippen MR) is 122 cm³/mol. The number of carbonyl (C=O) groups excluding carboxylic acids is 2. The normalized spacial score (nSPS) is 14.7. The SMILES string of the molecule is CCn1c(CCNC(=O)C2CCN(C(=O)c3cccc4ccccc34)CC2)n[nH]c1=S. The van der Waals surface area contributed by atoms with Crippen LogP contribution in [0.3, 0.4) is 0 Å². The predicted octanol–water partition coefficient (Wildman–Crippen LogP) is 3.32. The second-order valence-corrected chi connectivity index (χ2v) is 8.21. The first-order valence-corrected chi connectivity index (χ1v) is 11.2. The Morgan fingerprint density at radius 1 is 1.16 bits per heavy atom. The molecule has 0 bridgehead atoms. The number of H-pyrrole nitrogens is 1. The molecule has 0 spiro atoms. The molecule has 1 saturated heterocycles. The second kappa shape index (κ2) is 9.43. The molecule has 31 heavy (non-hydrogen) atoms. The van der Waals surface area contributed by atoms with Crippen molar-refractivity contribution in [1.82, 2.24) is 25.0 Å². The van der Waals surface area contributed by atoms with Crippen LogP contribution in [0.4, 0.5) is 0 Å². The van der Waals surface area contributed by atoms with Crippen LogP contribution < -0.4 is 5.32 Å². The molecule has 0 unspecified atom stereocenters. The molecule has 1 aromatic heterocycles. The van der Waals surface area contributed by atoms with E-state index >= 15 is 0 Å². The summed E-state index contributed by atoms with van der Waals surface area (Å²) in [5.74, 6) is 0.874. The topological polar surface area (TPSA) is 83.0 Å². The summed E-state index contributed by atoms with van der Waals surface area (Å²) in [6.07, 6.45) is 1.98. The molecule has 8 heteroatoms. The van der Waals surface area contributed by atoms with Crippen LogP contribution in [0.15, 0.2) is 42.5 Å². The van der Waals surface area contributed by atoms with Gasteiger partial charge in [-0.25, -0.2) is 0 Å². The fourth-order valence-corrected chi connectivity index (χ4v) is 4.52. The third-order valence-electron chi connectivity index (χ3n) is 5.97. The maximum Gasteiger partial charge on any atom is 0.254 e. The number of amides is 2. The summed E-state index contributed by atoms with van der Waals surface area (Å²) in [4.78, 5) is 27.6. The highest BCUT2D eigenvalue weighted by molar-refractivity contribution is 7.71. The molecule has 4 rings (SSSR count). The maximum absolute atomic E-state index is 13.1. The van der Waals surface area contributed by atoms with Crippen molar-refractivity contribution in [2.75, 3.05) is 19.6 Å². The number of carbonyl (C=O) groups is 2. The molecule has 162 valence electrons. The Bertz CT molecular complexity index is 1140. The molecule has 1 aliphatic heterocycles. The number of nitrogens with zero attached hydrogens (tertiary/aromatic N) is 3. The van der Waals surface area contributed by atoms with E-state index in [9.17, 15) is 9.59 Å². The first-order chi connectivity index (χ1) is 15.1. The number of hydrogen-bond acceptors (Lipinski definition) is 4. The summed E-state index contributed by atoms with van der Waals surface area (Å²) in [6, 6.07) is 13.8. The molecule has 2 amide bonds. The van der Waals surface area contributed by atoms with Gasteiger partial charge in [0.25, 0.3) is 5.91 Å². The Kier molecular flexibility index (Phi) is 6.46. The molecule has 7 nitrogen and oxygen atoms in total. The Balaban J connectivity index is 1.30. The fraction of sp³-hybridized carbons (Fsp3) is 0.391. The highest BCUT2D eigenvalue weighted by Crippen LogP contribution is 2.23. The molecule has 0 aliphatic carbocycles. The van der Waals surface area contributed by atoms with Gasteiger partial charge in [-0.1, -0.05) is 36.4 Å². The molecular formula is C23H27N5O2S. The van der Waals surface area contributed by atoms with Crippen molar-refractivity contribution >= 4 is 34.8 Å². The van der Waals surface area contributed by atoms with Crippen molar-refractivity contribution in [1.29, 1.82) is 0 Å². The molecule has 2 aromatic carbocycles. The van der Waals surface area contributed by atoms with Crippen molar-refractivity contribution < 1.29 is 9.59 Å². The highest BCUT2D eigenvalue weighted by atomic mass is 32.1. The van der Waals surface area contributed by atoms with Gasteiger partial charge < -0.3 is 14.8 Å². The average molecular weight is 438 g/mol. The van der Waals surface area contributed by atoms with E-state index in [1.165, 1.54) is 0 Å². The van der Waals surface area contributed by atoms with E-state index in [0.717, 1.165) is 28.7 Å². The number of likely N-dealkylation sites (tertiary alicyclic amines) is 1. The van der Waals surface area contributed by atoms with Gasteiger partial charge in [0.05, 0.1) is 0 Å². The van der Waals surface area contributed by atoms with Gasteiger partial charge in [0.1, 0.15) is 5.82 Å². The van der Waals surface area contributed by atoms with Gasteiger partial charge >= 0.3 is 0 Å². The smallest absolute Gasteiger partial charge is 0.254 e. The van der Waals surface area contributed by atoms with Gasteiger partial charge in [0.15, 0.2) is 4.77 Å². The van der Waals surface area contributed by atoms with Crippen molar-refractivity contribution in [3.05, 3.63) is 58.6 Å². The minimum absolute atomic E-state index is 0.0398. The van der Waals surface area contributed by atoms with E-state index in [2.05, 4.69) is 15.5 Å².